The van der Waals surface area contributed by atoms with E-state index in [1.807, 2.05) is 0 Å². The van der Waals surface area contributed by atoms with Gasteiger partial charge < -0.3 is 14.9 Å². The Morgan fingerprint density at radius 2 is 2.22 bits per heavy atom. The van der Waals surface area contributed by atoms with Gasteiger partial charge in [-0.2, -0.15) is 0 Å². The third-order valence-corrected chi connectivity index (χ3v) is 1.27. The van der Waals surface area contributed by atoms with E-state index in [1.165, 1.54) is 0 Å². The fourth-order valence-corrected chi connectivity index (χ4v) is 0.801. The van der Waals surface area contributed by atoms with Gasteiger partial charge in [0.1, 0.15) is 0 Å². The van der Waals surface area contributed by atoms with Crippen molar-refractivity contribution in [3.63, 3.8) is 0 Å². The highest BCUT2D eigenvalue weighted by Gasteiger charge is 2.28. The standard InChI is InChI=1S/C5H8O4/c6-4-2-1-3(9-4)5(7)8/h3-4,6H,1-2H2,(H,7,8). The Morgan fingerprint density at radius 3 is 2.44 bits per heavy atom. The molecule has 4 nitrogen and oxygen atoms in total. The molecule has 2 unspecified atom stereocenters. The largest absolute Gasteiger partial charge is 0.479 e. The van der Waals surface area contributed by atoms with Gasteiger partial charge in [0.15, 0.2) is 12.4 Å². The molecule has 9 heavy (non-hydrogen) atoms. The molecule has 0 aromatic rings. The van der Waals surface area contributed by atoms with Crippen molar-refractivity contribution >= 4 is 5.97 Å². The van der Waals surface area contributed by atoms with Crippen molar-refractivity contribution in [2.45, 2.75) is 25.2 Å². The summed E-state index contributed by atoms with van der Waals surface area (Å²) in [5.41, 5.74) is 0. The normalized spacial score (nSPS) is 34.8. The number of rotatable bonds is 1. The summed E-state index contributed by atoms with van der Waals surface area (Å²) < 4.78 is 4.58. The number of hydrogen-bond acceptors (Lipinski definition) is 3. The Bertz CT molecular complexity index is 122. The first-order valence-corrected chi connectivity index (χ1v) is 2.76. The lowest BCUT2D eigenvalue weighted by molar-refractivity contribution is -0.159. The molecule has 0 amide bonds. The lowest BCUT2D eigenvalue weighted by atomic mass is 10.2. The maximum Gasteiger partial charge on any atom is 0.332 e. The van der Waals surface area contributed by atoms with Crippen molar-refractivity contribution in [2.75, 3.05) is 0 Å². The van der Waals surface area contributed by atoms with Crippen LogP contribution in [0.5, 0.6) is 0 Å². The number of aliphatic hydroxyl groups is 1. The average Bonchev–Trinajstić information content (AvgIpc) is 2.14. The van der Waals surface area contributed by atoms with E-state index in [0.29, 0.717) is 12.8 Å². The van der Waals surface area contributed by atoms with E-state index in [-0.39, 0.29) is 0 Å². The molecule has 0 spiro atoms. The molecule has 1 saturated heterocycles. The van der Waals surface area contributed by atoms with E-state index in [1.54, 1.807) is 0 Å². The Balaban J connectivity index is 2.39. The van der Waals surface area contributed by atoms with E-state index in [0.717, 1.165) is 0 Å². The molecule has 0 bridgehead atoms. The minimum atomic E-state index is -0.994. The minimum absolute atomic E-state index is 0.413. The quantitative estimate of drug-likeness (QED) is 0.508. The molecule has 2 atom stereocenters. The summed E-state index contributed by atoms with van der Waals surface area (Å²) in [5, 5.41) is 17.0. The number of hydrogen-bond donors (Lipinski definition) is 2. The second-order valence-corrected chi connectivity index (χ2v) is 1.99. The van der Waals surface area contributed by atoms with Crippen LogP contribution in [0, 0.1) is 0 Å². The third-order valence-electron chi connectivity index (χ3n) is 1.27. The molecule has 0 aromatic carbocycles. The summed E-state index contributed by atoms with van der Waals surface area (Å²) in [4.78, 5) is 10.1. The molecule has 52 valence electrons. The van der Waals surface area contributed by atoms with Crippen LogP contribution in [-0.2, 0) is 9.53 Å². The van der Waals surface area contributed by atoms with E-state index >= 15 is 0 Å². The van der Waals surface area contributed by atoms with E-state index < -0.39 is 18.4 Å². The van der Waals surface area contributed by atoms with Gasteiger partial charge in [0.05, 0.1) is 0 Å². The summed E-state index contributed by atoms with van der Waals surface area (Å²) in [7, 11) is 0. The van der Waals surface area contributed by atoms with Crippen LogP contribution in [0.25, 0.3) is 0 Å². The van der Waals surface area contributed by atoms with Crippen LogP contribution in [0.3, 0.4) is 0 Å². The van der Waals surface area contributed by atoms with Gasteiger partial charge in [-0.25, -0.2) is 4.79 Å². The average molecular weight is 132 g/mol. The Kier molecular flexibility index (Phi) is 1.68. The van der Waals surface area contributed by atoms with Crippen molar-refractivity contribution in [2.24, 2.45) is 0 Å². The zero-order valence-electron chi connectivity index (χ0n) is 4.78. The molecule has 1 heterocycles. The first-order valence-electron chi connectivity index (χ1n) is 2.76. The zero-order valence-corrected chi connectivity index (χ0v) is 4.78. The number of ether oxygens (including phenoxy) is 1. The van der Waals surface area contributed by atoms with E-state index in [2.05, 4.69) is 4.74 Å². The summed E-state index contributed by atoms with van der Waals surface area (Å²) in [5.74, 6) is -0.994. The highest BCUT2D eigenvalue weighted by Crippen LogP contribution is 2.16. The van der Waals surface area contributed by atoms with Crippen molar-refractivity contribution in [1.29, 1.82) is 0 Å². The van der Waals surface area contributed by atoms with Gasteiger partial charge in [0.2, 0.25) is 0 Å². The fourth-order valence-electron chi connectivity index (χ4n) is 0.801. The van der Waals surface area contributed by atoms with Crippen molar-refractivity contribution in [3.8, 4) is 0 Å². The molecule has 1 aliphatic rings. The molecule has 1 aliphatic heterocycles. The van der Waals surface area contributed by atoms with Gasteiger partial charge in [-0.1, -0.05) is 0 Å². The summed E-state index contributed by atoms with van der Waals surface area (Å²) in [6, 6.07) is 0. The molecule has 0 radical (unpaired) electrons. The SMILES string of the molecule is O=C(O)C1CCC(O)O1. The number of carbonyl (C=O) groups is 1. The lowest BCUT2D eigenvalue weighted by Crippen LogP contribution is -2.20. The van der Waals surface area contributed by atoms with Crippen LogP contribution in [0.15, 0.2) is 0 Å². The van der Waals surface area contributed by atoms with Crippen LogP contribution < -0.4 is 0 Å². The summed E-state index contributed by atoms with van der Waals surface area (Å²) in [6.45, 7) is 0. The molecule has 1 rings (SSSR count). The van der Waals surface area contributed by atoms with Gasteiger partial charge in [0, 0.05) is 6.42 Å². The second-order valence-electron chi connectivity index (χ2n) is 1.99. The molecular formula is C5H8O4. The summed E-state index contributed by atoms with van der Waals surface area (Å²) >= 11 is 0. The van der Waals surface area contributed by atoms with Gasteiger partial charge in [-0.3, -0.25) is 0 Å². The molecule has 0 saturated carbocycles. The first kappa shape index (κ1) is 6.51. The Labute approximate surface area is 52.1 Å². The Morgan fingerprint density at radius 1 is 1.56 bits per heavy atom. The Hall–Kier alpha value is -0.610. The van der Waals surface area contributed by atoms with Gasteiger partial charge >= 0.3 is 5.97 Å². The topological polar surface area (TPSA) is 66.8 Å². The van der Waals surface area contributed by atoms with Crippen molar-refractivity contribution < 1.29 is 19.7 Å². The zero-order chi connectivity index (χ0) is 6.85. The highest BCUT2D eigenvalue weighted by molar-refractivity contribution is 5.72. The lowest BCUT2D eigenvalue weighted by Gasteiger charge is -2.02. The molecule has 2 N–H and O–H groups in total. The van der Waals surface area contributed by atoms with Crippen LogP contribution in [-0.4, -0.2) is 28.6 Å². The maximum atomic E-state index is 10.1. The van der Waals surface area contributed by atoms with Crippen LogP contribution in [0.2, 0.25) is 0 Å². The number of aliphatic hydroxyl groups excluding tert-OH is 1. The third kappa shape index (κ3) is 1.40. The van der Waals surface area contributed by atoms with Crippen molar-refractivity contribution in [3.05, 3.63) is 0 Å². The molecule has 1 fully saturated rings. The first-order chi connectivity index (χ1) is 4.20. The van der Waals surface area contributed by atoms with Gasteiger partial charge in [-0.15, -0.1) is 0 Å². The van der Waals surface area contributed by atoms with Crippen LogP contribution >= 0.6 is 0 Å². The smallest absolute Gasteiger partial charge is 0.332 e. The van der Waals surface area contributed by atoms with Crippen LogP contribution in [0.1, 0.15) is 12.8 Å². The highest BCUT2D eigenvalue weighted by atomic mass is 16.6. The maximum absolute atomic E-state index is 10.1. The predicted octanol–water partition coefficient (Wildman–Crippen LogP) is -0.432. The second kappa shape index (κ2) is 2.33. The van der Waals surface area contributed by atoms with Crippen molar-refractivity contribution in [1.82, 2.24) is 0 Å². The van der Waals surface area contributed by atoms with E-state index in [9.17, 15) is 4.79 Å². The van der Waals surface area contributed by atoms with Crippen LogP contribution in [0.4, 0.5) is 0 Å². The predicted molar refractivity (Wildman–Crippen MR) is 27.7 cm³/mol. The van der Waals surface area contributed by atoms with E-state index in [4.69, 9.17) is 10.2 Å². The molecular weight excluding hydrogens is 124 g/mol. The van der Waals surface area contributed by atoms with Gasteiger partial charge in [-0.05, 0) is 6.42 Å². The fraction of sp³-hybridized carbons (Fsp3) is 0.800. The van der Waals surface area contributed by atoms with Gasteiger partial charge in [0.25, 0.3) is 0 Å². The summed E-state index contributed by atoms with van der Waals surface area (Å²) in [6.07, 6.45) is -0.820. The number of carboxylic acids is 1. The minimum Gasteiger partial charge on any atom is -0.479 e. The number of carboxylic acid groups (broad SMARTS) is 1. The molecule has 4 heteroatoms. The molecule has 0 aliphatic carbocycles. The number of aliphatic carboxylic acids is 1. The molecule has 0 aromatic heterocycles. The monoisotopic (exact) mass is 132 g/mol.